The molecule has 0 atom stereocenters. The van der Waals surface area contributed by atoms with Crippen molar-refractivity contribution in [2.45, 2.75) is 6.18 Å². The van der Waals surface area contributed by atoms with Gasteiger partial charge in [-0.1, -0.05) is 34.8 Å². The van der Waals surface area contributed by atoms with E-state index in [-0.39, 0.29) is 20.8 Å². The predicted octanol–water partition coefficient (Wildman–Crippen LogP) is 6.28. The Balaban J connectivity index is 2.22. The van der Waals surface area contributed by atoms with Gasteiger partial charge >= 0.3 is 12.3 Å². The van der Waals surface area contributed by atoms with Gasteiger partial charge in [0.1, 0.15) is 0 Å². The Morgan fingerprint density at radius 1 is 1.00 bits per heavy atom. The second kappa shape index (κ2) is 6.86. The van der Waals surface area contributed by atoms with Crippen molar-refractivity contribution in [2.75, 3.05) is 5.32 Å². The van der Waals surface area contributed by atoms with Crippen LogP contribution in [0, 0.1) is 0 Å². The monoisotopic (exact) mass is 383 g/mol. The zero-order valence-electron chi connectivity index (χ0n) is 11.0. The number of nitrogens with one attached hydrogen (secondary N) is 1. The number of carbonyl (C=O) groups excluding carboxylic acids is 1. The molecule has 0 bridgehead atoms. The molecule has 0 saturated heterocycles. The molecular formula is C14H7Cl3F3NO2. The summed E-state index contributed by atoms with van der Waals surface area (Å²) < 4.78 is 43.7. The third-order valence-electron chi connectivity index (χ3n) is 2.62. The average Bonchev–Trinajstić information content (AvgIpc) is 2.43. The predicted molar refractivity (Wildman–Crippen MR) is 82.6 cm³/mol. The van der Waals surface area contributed by atoms with E-state index >= 15 is 0 Å². The van der Waals surface area contributed by atoms with Crippen LogP contribution in [0.15, 0.2) is 36.4 Å². The van der Waals surface area contributed by atoms with Crippen molar-refractivity contribution in [1.82, 2.24) is 0 Å². The molecular weight excluding hydrogens is 378 g/mol. The van der Waals surface area contributed by atoms with Gasteiger partial charge < -0.3 is 4.74 Å². The molecule has 0 aliphatic carbocycles. The van der Waals surface area contributed by atoms with Crippen LogP contribution in [0.5, 0.6) is 5.75 Å². The Labute approximate surface area is 143 Å². The van der Waals surface area contributed by atoms with Gasteiger partial charge in [-0.15, -0.1) is 0 Å². The number of rotatable bonds is 2. The van der Waals surface area contributed by atoms with E-state index in [9.17, 15) is 18.0 Å². The maximum absolute atomic E-state index is 12.9. The summed E-state index contributed by atoms with van der Waals surface area (Å²) in [5.41, 5.74) is -1.59. The summed E-state index contributed by atoms with van der Waals surface area (Å²) in [6, 6.07) is 7.04. The van der Waals surface area contributed by atoms with Crippen molar-refractivity contribution >= 4 is 46.6 Å². The molecule has 1 amide bonds. The molecule has 122 valence electrons. The van der Waals surface area contributed by atoms with Gasteiger partial charge in [-0.25, -0.2) is 4.79 Å². The fourth-order valence-corrected chi connectivity index (χ4v) is 2.14. The Hall–Kier alpha value is -1.63. The molecule has 0 radical (unpaired) electrons. The minimum absolute atomic E-state index is 0.0803. The lowest BCUT2D eigenvalue weighted by molar-refractivity contribution is -0.136. The first-order valence-electron chi connectivity index (χ1n) is 5.97. The van der Waals surface area contributed by atoms with Gasteiger partial charge in [0.15, 0.2) is 5.75 Å². The van der Waals surface area contributed by atoms with Crippen LogP contribution < -0.4 is 10.1 Å². The molecule has 0 aromatic heterocycles. The first kappa shape index (κ1) is 17.7. The fourth-order valence-electron chi connectivity index (χ4n) is 1.65. The molecule has 0 spiro atoms. The Bertz CT molecular complexity index is 751. The Kier molecular flexibility index (Phi) is 5.29. The van der Waals surface area contributed by atoms with Gasteiger partial charge in [-0.2, -0.15) is 13.2 Å². The molecule has 0 aliphatic rings. The number of benzene rings is 2. The van der Waals surface area contributed by atoms with Crippen LogP contribution in [0.2, 0.25) is 15.1 Å². The van der Waals surface area contributed by atoms with Gasteiger partial charge in [0.05, 0.1) is 16.3 Å². The van der Waals surface area contributed by atoms with Crippen LogP contribution in [-0.2, 0) is 6.18 Å². The highest BCUT2D eigenvalue weighted by molar-refractivity contribution is 6.34. The van der Waals surface area contributed by atoms with Crippen LogP contribution in [0.25, 0.3) is 0 Å². The van der Waals surface area contributed by atoms with Crippen molar-refractivity contribution in [1.29, 1.82) is 0 Å². The normalized spacial score (nSPS) is 11.2. The average molecular weight is 385 g/mol. The van der Waals surface area contributed by atoms with Crippen molar-refractivity contribution < 1.29 is 22.7 Å². The maximum atomic E-state index is 12.9. The summed E-state index contributed by atoms with van der Waals surface area (Å²) in [6.45, 7) is 0. The zero-order chi connectivity index (χ0) is 17.2. The summed E-state index contributed by atoms with van der Waals surface area (Å²) in [6.07, 6.45) is -5.84. The molecule has 0 unspecified atom stereocenters. The number of hydrogen-bond acceptors (Lipinski definition) is 2. The zero-order valence-corrected chi connectivity index (χ0v) is 13.3. The fraction of sp³-hybridized carbons (Fsp3) is 0.0714. The SMILES string of the molecule is O=C(Nc1ccc(Cl)cc1C(F)(F)F)Oc1cc(Cl)ccc1Cl. The number of halogens is 6. The van der Waals surface area contributed by atoms with E-state index in [0.717, 1.165) is 6.07 Å². The highest BCUT2D eigenvalue weighted by Crippen LogP contribution is 2.36. The van der Waals surface area contributed by atoms with Gasteiger partial charge in [-0.05, 0) is 30.3 Å². The second-order valence-corrected chi connectivity index (χ2v) is 5.56. The number of anilines is 1. The molecule has 9 heteroatoms. The van der Waals surface area contributed by atoms with E-state index in [0.29, 0.717) is 6.07 Å². The highest BCUT2D eigenvalue weighted by Gasteiger charge is 2.34. The minimum Gasteiger partial charge on any atom is -0.408 e. The van der Waals surface area contributed by atoms with E-state index in [1.54, 1.807) is 0 Å². The van der Waals surface area contributed by atoms with Crippen LogP contribution in [0.4, 0.5) is 23.7 Å². The smallest absolute Gasteiger partial charge is 0.408 e. The number of amides is 1. The topological polar surface area (TPSA) is 38.3 Å². The second-order valence-electron chi connectivity index (χ2n) is 4.28. The summed E-state index contributed by atoms with van der Waals surface area (Å²) in [5.74, 6) is -0.0841. The van der Waals surface area contributed by atoms with Gasteiger partial charge in [0.25, 0.3) is 0 Å². The molecule has 2 aromatic rings. The van der Waals surface area contributed by atoms with Crippen LogP contribution in [0.3, 0.4) is 0 Å². The van der Waals surface area contributed by atoms with Gasteiger partial charge in [0.2, 0.25) is 0 Å². The third-order valence-corrected chi connectivity index (χ3v) is 3.40. The van der Waals surface area contributed by atoms with Gasteiger partial charge in [0, 0.05) is 16.1 Å². The van der Waals surface area contributed by atoms with Crippen molar-refractivity contribution in [3.8, 4) is 5.75 Å². The molecule has 0 saturated carbocycles. The van der Waals surface area contributed by atoms with Crippen molar-refractivity contribution in [3.63, 3.8) is 0 Å². The molecule has 0 heterocycles. The molecule has 2 aromatic carbocycles. The van der Waals surface area contributed by atoms with E-state index in [4.69, 9.17) is 39.5 Å². The molecule has 0 aliphatic heterocycles. The van der Waals surface area contributed by atoms with E-state index in [1.165, 1.54) is 24.3 Å². The molecule has 3 nitrogen and oxygen atoms in total. The Morgan fingerprint density at radius 2 is 1.61 bits per heavy atom. The lowest BCUT2D eigenvalue weighted by Gasteiger charge is -2.14. The quantitative estimate of drug-likeness (QED) is 0.662. The largest absolute Gasteiger partial charge is 0.418 e. The van der Waals surface area contributed by atoms with Crippen molar-refractivity contribution in [3.05, 3.63) is 57.0 Å². The lowest BCUT2D eigenvalue weighted by atomic mass is 10.1. The highest BCUT2D eigenvalue weighted by atomic mass is 35.5. The first-order valence-corrected chi connectivity index (χ1v) is 7.11. The number of carbonyl (C=O) groups is 1. The van der Waals surface area contributed by atoms with Crippen LogP contribution in [-0.4, -0.2) is 6.09 Å². The number of alkyl halides is 3. The molecule has 23 heavy (non-hydrogen) atoms. The van der Waals surface area contributed by atoms with E-state index in [2.05, 4.69) is 0 Å². The minimum atomic E-state index is -4.69. The summed E-state index contributed by atoms with van der Waals surface area (Å²) in [5, 5.41) is 2.21. The molecule has 2 rings (SSSR count). The number of hydrogen-bond donors (Lipinski definition) is 1. The summed E-state index contributed by atoms with van der Waals surface area (Å²) >= 11 is 17.1. The maximum Gasteiger partial charge on any atom is 0.418 e. The number of ether oxygens (including phenoxy) is 1. The molecule has 0 fully saturated rings. The van der Waals surface area contributed by atoms with Gasteiger partial charge in [-0.3, -0.25) is 5.32 Å². The third kappa shape index (κ3) is 4.67. The first-order chi connectivity index (χ1) is 10.7. The lowest BCUT2D eigenvalue weighted by Crippen LogP contribution is -2.20. The Morgan fingerprint density at radius 3 is 2.26 bits per heavy atom. The summed E-state index contributed by atoms with van der Waals surface area (Å²) in [7, 11) is 0. The summed E-state index contributed by atoms with van der Waals surface area (Å²) in [4.78, 5) is 11.8. The van der Waals surface area contributed by atoms with Crippen LogP contribution >= 0.6 is 34.8 Å². The van der Waals surface area contributed by atoms with E-state index < -0.39 is 23.5 Å². The van der Waals surface area contributed by atoms with Crippen molar-refractivity contribution in [2.24, 2.45) is 0 Å². The van der Waals surface area contributed by atoms with Crippen LogP contribution in [0.1, 0.15) is 5.56 Å². The molecule has 1 N–H and O–H groups in total. The standard InChI is InChI=1S/C14H7Cl3F3NO2/c15-7-2-4-11(9(5-7)14(18,19)20)21-13(22)23-12-6-8(16)1-3-10(12)17/h1-6H,(H,21,22). The van der Waals surface area contributed by atoms with E-state index in [1.807, 2.05) is 5.32 Å².